The predicted molar refractivity (Wildman–Crippen MR) is 150 cm³/mol. The number of benzene rings is 2. The second-order valence-electron chi connectivity index (χ2n) is 9.75. The molecule has 0 radical (unpaired) electrons. The molecule has 2 aromatic carbocycles. The van der Waals surface area contributed by atoms with Crippen LogP contribution in [0.5, 0.6) is 5.75 Å². The van der Waals surface area contributed by atoms with Crippen molar-refractivity contribution < 1.29 is 28.4 Å². The quantitative estimate of drug-likeness (QED) is 0.187. The topological polar surface area (TPSA) is 106 Å². The number of rotatable bonds is 9. The van der Waals surface area contributed by atoms with Crippen LogP contribution in [0, 0.1) is 0 Å². The Kier molecular flexibility index (Phi) is 7.43. The van der Waals surface area contributed by atoms with Gasteiger partial charge >= 0.3 is 11.6 Å². The van der Waals surface area contributed by atoms with Crippen molar-refractivity contribution in [1.29, 1.82) is 0 Å². The third-order valence-electron chi connectivity index (χ3n) is 7.09. The van der Waals surface area contributed by atoms with Gasteiger partial charge in [0.15, 0.2) is 6.20 Å². The zero-order valence-corrected chi connectivity index (χ0v) is 23.1. The van der Waals surface area contributed by atoms with Gasteiger partial charge < -0.3 is 14.8 Å². The molecule has 0 aliphatic carbocycles. The van der Waals surface area contributed by atoms with E-state index in [0.717, 1.165) is 22.3 Å². The minimum absolute atomic E-state index is 0.0446. The van der Waals surface area contributed by atoms with Gasteiger partial charge in [0.2, 0.25) is 5.91 Å². The molecule has 1 saturated heterocycles. The molecule has 4 heterocycles. The van der Waals surface area contributed by atoms with E-state index in [0.29, 0.717) is 18.0 Å². The monoisotopic (exact) mass is 570 g/mol. The van der Waals surface area contributed by atoms with Crippen molar-refractivity contribution in [2.24, 2.45) is 0 Å². The maximum absolute atomic E-state index is 13.6. The molecule has 0 saturated carbocycles. The fourth-order valence-electron chi connectivity index (χ4n) is 5.01. The SMILES string of the molecule is COc1ccc(COC(=O)C2=C(C[n+]3ccn4ncccc43)CS[C@@H]3[C@H](NC(=O)Cc4ccccc4)C(=O)N23)cc1. The van der Waals surface area contributed by atoms with Gasteiger partial charge in [-0.3, -0.25) is 14.5 Å². The number of β-lactam (4-membered cyclic amide) rings is 1. The number of amides is 2. The molecule has 0 bridgehead atoms. The minimum atomic E-state index is -0.714. The van der Waals surface area contributed by atoms with Crippen molar-refractivity contribution in [3.05, 3.63) is 108 Å². The van der Waals surface area contributed by atoms with E-state index in [1.165, 1.54) is 16.7 Å². The number of nitrogens with one attached hydrogen (secondary N) is 1. The van der Waals surface area contributed by atoms with Crippen molar-refractivity contribution in [3.63, 3.8) is 0 Å². The number of carbonyl (C=O) groups is 3. The van der Waals surface area contributed by atoms with Crippen molar-refractivity contribution in [2.75, 3.05) is 12.9 Å². The third kappa shape index (κ3) is 5.40. The Hall–Kier alpha value is -4.64. The van der Waals surface area contributed by atoms with Gasteiger partial charge in [-0.1, -0.05) is 47.6 Å². The summed E-state index contributed by atoms with van der Waals surface area (Å²) in [6.45, 7) is 0.423. The van der Waals surface area contributed by atoms with Crippen LogP contribution in [-0.4, -0.2) is 56.6 Å². The van der Waals surface area contributed by atoms with Gasteiger partial charge in [-0.2, -0.15) is 0 Å². The summed E-state index contributed by atoms with van der Waals surface area (Å²) in [7, 11) is 1.59. The van der Waals surface area contributed by atoms with Gasteiger partial charge in [0.25, 0.3) is 5.91 Å². The highest BCUT2D eigenvalue weighted by molar-refractivity contribution is 8.00. The van der Waals surface area contributed by atoms with Crippen molar-refractivity contribution >= 4 is 35.2 Å². The van der Waals surface area contributed by atoms with Gasteiger partial charge in [0.05, 0.1) is 19.7 Å². The van der Waals surface area contributed by atoms with E-state index in [1.807, 2.05) is 71.6 Å². The summed E-state index contributed by atoms with van der Waals surface area (Å²) in [6, 6.07) is 19.7. The molecular formula is C30H28N5O5S+. The number of hydrogen-bond donors (Lipinski definition) is 1. The number of thioether (sulfide) groups is 1. The third-order valence-corrected chi connectivity index (χ3v) is 8.43. The van der Waals surface area contributed by atoms with Crippen molar-refractivity contribution in [1.82, 2.24) is 19.8 Å². The number of carbonyl (C=O) groups excluding carboxylic acids is 3. The normalized spacial score (nSPS) is 18.1. The fraction of sp³-hybridized carbons (Fsp3) is 0.233. The largest absolute Gasteiger partial charge is 0.497 e. The van der Waals surface area contributed by atoms with Gasteiger partial charge in [-0.05, 0) is 29.3 Å². The van der Waals surface area contributed by atoms with E-state index in [-0.39, 0.29) is 30.5 Å². The average Bonchev–Trinajstić information content (AvgIpc) is 3.41. The lowest BCUT2D eigenvalue weighted by molar-refractivity contribution is -0.662. The summed E-state index contributed by atoms with van der Waals surface area (Å²) in [6.07, 6.45) is 5.59. The lowest BCUT2D eigenvalue weighted by Gasteiger charge is -2.49. The first-order valence-electron chi connectivity index (χ1n) is 13.1. The number of esters is 1. The molecule has 0 unspecified atom stereocenters. The summed E-state index contributed by atoms with van der Waals surface area (Å²) in [4.78, 5) is 41.2. The summed E-state index contributed by atoms with van der Waals surface area (Å²) in [5.41, 5.74) is 3.50. The van der Waals surface area contributed by atoms with Crippen LogP contribution >= 0.6 is 11.8 Å². The van der Waals surface area contributed by atoms with E-state index in [2.05, 4.69) is 10.4 Å². The number of methoxy groups -OCH3 is 1. The highest BCUT2D eigenvalue weighted by Gasteiger charge is 2.54. The Bertz CT molecular complexity index is 1640. The number of hydrogen-bond acceptors (Lipinski definition) is 7. The molecule has 0 spiro atoms. The number of imidazole rings is 1. The Morgan fingerprint density at radius 3 is 2.66 bits per heavy atom. The van der Waals surface area contributed by atoms with E-state index in [9.17, 15) is 14.4 Å². The summed E-state index contributed by atoms with van der Waals surface area (Å²) in [5.74, 6) is 0.0557. The number of fused-ring (bicyclic) bond motifs is 2. The molecule has 6 rings (SSSR count). The van der Waals surface area contributed by atoms with Crippen LogP contribution < -0.4 is 14.6 Å². The molecule has 11 heteroatoms. The molecule has 2 atom stereocenters. The van der Waals surface area contributed by atoms with E-state index in [4.69, 9.17) is 9.47 Å². The minimum Gasteiger partial charge on any atom is -0.497 e. The molecule has 208 valence electrons. The standard InChI is InChI=1S/C30H27N5O5S/c1-39-23-11-9-21(10-12-23)18-40-30(38)27-22(17-33-14-15-34-25(33)8-5-13-31-34)19-41-29-26(28(37)35(27)29)32-24(36)16-20-6-3-2-4-7-20/h2-15,26,29H,16-19H2,1H3/p+1/t26-,29-/m1/s1. The Labute approximate surface area is 240 Å². The summed E-state index contributed by atoms with van der Waals surface area (Å²) in [5, 5.41) is 6.79. The zero-order chi connectivity index (χ0) is 28.3. The summed E-state index contributed by atoms with van der Waals surface area (Å²) < 4.78 is 14.6. The fourth-order valence-corrected chi connectivity index (χ4v) is 6.35. The Morgan fingerprint density at radius 2 is 1.88 bits per heavy atom. The lowest BCUT2D eigenvalue weighted by atomic mass is 10.0. The molecule has 1 N–H and O–H groups in total. The summed E-state index contributed by atoms with van der Waals surface area (Å²) >= 11 is 1.52. The predicted octanol–water partition coefficient (Wildman–Crippen LogP) is 2.27. The molecule has 2 amide bonds. The molecule has 1 fully saturated rings. The van der Waals surface area contributed by atoms with Crippen LogP contribution in [0.15, 0.2) is 96.6 Å². The van der Waals surface area contributed by atoms with Gasteiger partial charge in [-0.15, -0.1) is 16.3 Å². The van der Waals surface area contributed by atoms with Gasteiger partial charge in [-0.25, -0.2) is 9.36 Å². The molecule has 4 aromatic rings. The van der Waals surface area contributed by atoms with Crippen molar-refractivity contribution in [3.8, 4) is 5.75 Å². The molecule has 2 aromatic heterocycles. The van der Waals surface area contributed by atoms with Gasteiger partial charge in [0, 0.05) is 17.4 Å². The molecule has 41 heavy (non-hydrogen) atoms. The Balaban J connectivity index is 1.23. The number of aromatic nitrogens is 3. The van der Waals surface area contributed by atoms with Crippen LogP contribution in [0.2, 0.25) is 0 Å². The van der Waals surface area contributed by atoms with Crippen LogP contribution in [0.3, 0.4) is 0 Å². The zero-order valence-electron chi connectivity index (χ0n) is 22.3. The molecule has 10 nitrogen and oxygen atoms in total. The van der Waals surface area contributed by atoms with Crippen molar-refractivity contribution in [2.45, 2.75) is 31.0 Å². The highest BCUT2D eigenvalue weighted by Crippen LogP contribution is 2.41. The lowest BCUT2D eigenvalue weighted by Crippen LogP contribution is -2.71. The van der Waals surface area contributed by atoms with E-state index < -0.39 is 17.4 Å². The van der Waals surface area contributed by atoms with Crippen LogP contribution in [0.25, 0.3) is 5.65 Å². The highest BCUT2D eigenvalue weighted by atomic mass is 32.2. The average molecular weight is 571 g/mol. The Morgan fingerprint density at radius 1 is 1.07 bits per heavy atom. The maximum Gasteiger partial charge on any atom is 0.355 e. The van der Waals surface area contributed by atoms with Gasteiger partial charge in [0.1, 0.15) is 42.2 Å². The molecule has 2 aliphatic rings. The number of nitrogens with zero attached hydrogens (tertiary/aromatic N) is 4. The molecular weight excluding hydrogens is 542 g/mol. The first kappa shape index (κ1) is 26.6. The number of ether oxygens (including phenoxy) is 2. The van der Waals surface area contributed by atoms with Crippen LogP contribution in [0.1, 0.15) is 11.1 Å². The smallest absolute Gasteiger partial charge is 0.355 e. The van der Waals surface area contributed by atoms with E-state index in [1.54, 1.807) is 30.0 Å². The second kappa shape index (κ2) is 11.5. The first-order chi connectivity index (χ1) is 20.0. The van der Waals surface area contributed by atoms with Crippen LogP contribution in [-0.2, 0) is 38.7 Å². The van der Waals surface area contributed by atoms with Crippen LogP contribution in [0.4, 0.5) is 0 Å². The maximum atomic E-state index is 13.6. The first-order valence-corrected chi connectivity index (χ1v) is 14.2. The van der Waals surface area contributed by atoms with E-state index >= 15 is 0 Å². The second-order valence-corrected chi connectivity index (χ2v) is 10.9. The molecule has 2 aliphatic heterocycles.